The van der Waals surface area contributed by atoms with Crippen LogP contribution in [0.2, 0.25) is 0 Å². The topological polar surface area (TPSA) is 72.9 Å². The molecule has 1 saturated heterocycles. The van der Waals surface area contributed by atoms with Crippen LogP contribution in [-0.4, -0.2) is 41.9 Å². The summed E-state index contributed by atoms with van der Waals surface area (Å²) in [5.41, 5.74) is -0.0326. The quantitative estimate of drug-likeness (QED) is 0.745. The zero-order valence-corrected chi connectivity index (χ0v) is 14.1. The van der Waals surface area contributed by atoms with Crippen molar-refractivity contribution in [1.29, 1.82) is 0 Å². The number of benzene rings is 1. The Morgan fingerprint density at radius 3 is 2.54 bits per heavy atom. The molecule has 6 heteroatoms. The molecule has 1 amide bonds. The van der Waals surface area contributed by atoms with E-state index in [9.17, 15) is 14.4 Å². The molecule has 0 saturated carbocycles. The lowest BCUT2D eigenvalue weighted by atomic mass is 9.99. The third-order valence-corrected chi connectivity index (χ3v) is 4.35. The van der Waals surface area contributed by atoms with Crippen LogP contribution in [0.15, 0.2) is 30.3 Å². The number of carbonyl (C=O) groups excluding carboxylic acids is 3. The van der Waals surface area contributed by atoms with Crippen LogP contribution in [-0.2, 0) is 30.5 Å². The van der Waals surface area contributed by atoms with Gasteiger partial charge < -0.3 is 14.4 Å². The highest BCUT2D eigenvalue weighted by atomic mass is 16.5. The highest BCUT2D eigenvalue weighted by molar-refractivity contribution is 5.89. The van der Waals surface area contributed by atoms with Crippen molar-refractivity contribution in [3.8, 4) is 0 Å². The summed E-state index contributed by atoms with van der Waals surface area (Å²) in [7, 11) is 1.31. The van der Waals surface area contributed by atoms with Crippen molar-refractivity contribution in [3.05, 3.63) is 35.9 Å². The number of carbonyl (C=O) groups is 3. The third kappa shape index (κ3) is 4.13. The highest BCUT2D eigenvalue weighted by Gasteiger charge is 2.46. The van der Waals surface area contributed by atoms with Crippen molar-refractivity contribution < 1.29 is 23.9 Å². The van der Waals surface area contributed by atoms with Crippen molar-refractivity contribution in [1.82, 2.24) is 4.90 Å². The lowest BCUT2D eigenvalue weighted by Gasteiger charge is -2.32. The minimum Gasteiger partial charge on any atom is -0.467 e. The summed E-state index contributed by atoms with van der Waals surface area (Å²) in [6.45, 7) is 2.40. The lowest BCUT2D eigenvalue weighted by Crippen LogP contribution is -2.51. The Labute approximate surface area is 141 Å². The summed E-state index contributed by atoms with van der Waals surface area (Å²) in [4.78, 5) is 37.6. The van der Waals surface area contributed by atoms with E-state index in [2.05, 4.69) is 0 Å². The van der Waals surface area contributed by atoms with E-state index >= 15 is 0 Å². The second-order valence-corrected chi connectivity index (χ2v) is 6.06. The van der Waals surface area contributed by atoms with E-state index in [1.807, 2.05) is 30.3 Å². The van der Waals surface area contributed by atoms with Gasteiger partial charge >= 0.3 is 11.9 Å². The third-order valence-electron chi connectivity index (χ3n) is 4.35. The summed E-state index contributed by atoms with van der Waals surface area (Å²) in [6, 6.07) is 9.36. The molecule has 0 bridgehead atoms. The number of hydrogen-bond acceptors (Lipinski definition) is 5. The van der Waals surface area contributed by atoms with Crippen molar-refractivity contribution in [2.24, 2.45) is 0 Å². The molecule has 0 aromatic heterocycles. The molecule has 1 fully saturated rings. The molecule has 0 N–H and O–H groups in total. The number of methoxy groups -OCH3 is 1. The van der Waals surface area contributed by atoms with E-state index in [0.717, 1.165) is 12.0 Å². The van der Waals surface area contributed by atoms with E-state index in [1.54, 1.807) is 6.92 Å². The smallest absolute Gasteiger partial charge is 0.331 e. The average Bonchev–Trinajstić information content (AvgIpc) is 3.01. The fourth-order valence-corrected chi connectivity index (χ4v) is 2.95. The van der Waals surface area contributed by atoms with Crippen LogP contribution in [0.25, 0.3) is 0 Å². The molecule has 2 rings (SSSR count). The van der Waals surface area contributed by atoms with Crippen LogP contribution in [0.3, 0.4) is 0 Å². The molecule has 1 heterocycles. The maximum absolute atomic E-state index is 12.4. The molecule has 0 radical (unpaired) electrons. The van der Waals surface area contributed by atoms with Crippen LogP contribution in [0.1, 0.15) is 38.2 Å². The number of rotatable bonds is 6. The van der Waals surface area contributed by atoms with Crippen LogP contribution >= 0.6 is 0 Å². The minimum absolute atomic E-state index is 0.000576. The van der Waals surface area contributed by atoms with E-state index in [4.69, 9.17) is 9.47 Å². The zero-order chi connectivity index (χ0) is 17.6. The molecule has 1 atom stereocenters. The maximum Gasteiger partial charge on any atom is 0.331 e. The number of esters is 2. The number of hydrogen-bond donors (Lipinski definition) is 0. The van der Waals surface area contributed by atoms with Gasteiger partial charge in [-0.1, -0.05) is 30.3 Å². The Hall–Kier alpha value is -2.37. The molecule has 1 aromatic rings. The van der Waals surface area contributed by atoms with Crippen LogP contribution in [0.5, 0.6) is 0 Å². The summed E-state index contributed by atoms with van der Waals surface area (Å²) in [5.74, 6) is -1.07. The van der Waals surface area contributed by atoms with E-state index < -0.39 is 17.5 Å². The molecule has 130 valence electrons. The predicted octanol–water partition coefficient (Wildman–Crippen LogP) is 2.06. The molecule has 0 spiro atoms. The predicted molar refractivity (Wildman–Crippen MR) is 86.8 cm³/mol. The van der Waals surface area contributed by atoms with Crippen molar-refractivity contribution >= 4 is 17.8 Å². The van der Waals surface area contributed by atoms with Gasteiger partial charge in [0, 0.05) is 13.0 Å². The Balaban J connectivity index is 1.82. The summed E-state index contributed by atoms with van der Waals surface area (Å²) in [5, 5.41) is 0. The first kappa shape index (κ1) is 18.0. The molecule has 1 aliphatic rings. The Morgan fingerprint density at radius 2 is 1.88 bits per heavy atom. The number of amides is 1. The van der Waals surface area contributed by atoms with Gasteiger partial charge in [-0.25, -0.2) is 4.79 Å². The van der Waals surface area contributed by atoms with Gasteiger partial charge in [0.15, 0.2) is 0 Å². The first-order valence-electron chi connectivity index (χ1n) is 8.06. The summed E-state index contributed by atoms with van der Waals surface area (Å²) in [6.07, 6.45) is 1.35. The fourth-order valence-electron chi connectivity index (χ4n) is 2.95. The van der Waals surface area contributed by atoms with Gasteiger partial charge in [0.25, 0.3) is 0 Å². The zero-order valence-electron chi connectivity index (χ0n) is 14.1. The standard InChI is InChI=1S/C18H23NO5/c1-18(17(22)23-2)11-6-12-19(18)15(20)9-10-16(21)24-13-14-7-4-3-5-8-14/h3-5,7-8H,6,9-13H2,1-2H3/t18-/m0/s1. The maximum atomic E-state index is 12.4. The van der Waals surface area contributed by atoms with Gasteiger partial charge in [0.05, 0.1) is 13.5 Å². The molecule has 0 aliphatic carbocycles. The van der Waals surface area contributed by atoms with Gasteiger partial charge in [-0.2, -0.15) is 0 Å². The van der Waals surface area contributed by atoms with E-state index in [1.165, 1.54) is 12.0 Å². The molecular weight excluding hydrogens is 310 g/mol. The minimum atomic E-state index is -0.931. The first-order chi connectivity index (χ1) is 11.5. The lowest BCUT2D eigenvalue weighted by molar-refractivity contribution is -0.158. The van der Waals surface area contributed by atoms with Gasteiger partial charge in [0.1, 0.15) is 12.1 Å². The Morgan fingerprint density at radius 1 is 1.17 bits per heavy atom. The van der Waals surface area contributed by atoms with Crippen LogP contribution in [0.4, 0.5) is 0 Å². The average molecular weight is 333 g/mol. The second-order valence-electron chi connectivity index (χ2n) is 6.06. The summed E-state index contributed by atoms with van der Waals surface area (Å²) < 4.78 is 9.97. The monoisotopic (exact) mass is 333 g/mol. The van der Waals surface area contributed by atoms with Crippen molar-refractivity contribution in [2.45, 2.75) is 44.8 Å². The normalized spacial score (nSPS) is 19.8. The Bertz CT molecular complexity index is 601. The number of likely N-dealkylation sites (tertiary alicyclic amines) is 1. The summed E-state index contributed by atoms with van der Waals surface area (Å²) >= 11 is 0. The fraction of sp³-hybridized carbons (Fsp3) is 0.500. The SMILES string of the molecule is COC(=O)[C@]1(C)CCCN1C(=O)CCC(=O)OCc1ccccc1. The van der Waals surface area contributed by atoms with Crippen LogP contribution in [0, 0.1) is 0 Å². The molecule has 0 unspecified atom stereocenters. The molecule has 1 aliphatic heterocycles. The van der Waals surface area contributed by atoms with E-state index in [-0.39, 0.29) is 25.4 Å². The molecular formula is C18H23NO5. The Kier molecular flexibility index (Phi) is 5.95. The van der Waals surface area contributed by atoms with Crippen molar-refractivity contribution in [3.63, 3.8) is 0 Å². The molecule has 6 nitrogen and oxygen atoms in total. The largest absolute Gasteiger partial charge is 0.467 e. The van der Waals surface area contributed by atoms with Crippen molar-refractivity contribution in [2.75, 3.05) is 13.7 Å². The van der Waals surface area contributed by atoms with Gasteiger partial charge in [0.2, 0.25) is 5.91 Å². The van der Waals surface area contributed by atoms with Gasteiger partial charge in [-0.05, 0) is 25.3 Å². The van der Waals surface area contributed by atoms with E-state index in [0.29, 0.717) is 13.0 Å². The van der Waals surface area contributed by atoms with Crippen LogP contribution < -0.4 is 0 Å². The highest BCUT2D eigenvalue weighted by Crippen LogP contribution is 2.30. The van der Waals surface area contributed by atoms with Gasteiger partial charge in [-0.3, -0.25) is 9.59 Å². The molecule has 24 heavy (non-hydrogen) atoms. The molecule has 1 aromatic carbocycles. The second kappa shape index (κ2) is 7.95. The van der Waals surface area contributed by atoms with Gasteiger partial charge in [-0.15, -0.1) is 0 Å². The number of ether oxygens (including phenoxy) is 2. The number of nitrogens with zero attached hydrogens (tertiary/aromatic N) is 1. The first-order valence-corrected chi connectivity index (χ1v) is 8.06.